The Morgan fingerprint density at radius 3 is 2.15 bits per heavy atom. The predicted molar refractivity (Wildman–Crippen MR) is 108 cm³/mol. The molecule has 0 saturated heterocycles. The molecule has 0 aliphatic heterocycles. The number of hydrogen-bond acceptors (Lipinski definition) is 3. The third-order valence-electron chi connectivity index (χ3n) is 5.17. The summed E-state index contributed by atoms with van der Waals surface area (Å²) in [7, 11) is 1.64. The number of carbonyl (C=O) groups is 2. The number of Topliss-reactive ketones (excluding diaryl/α,β-unsaturated/α-hetero) is 1. The Labute approximate surface area is 161 Å². The number of aromatic nitrogens is 1. The normalized spacial score (nSPS) is 11.2. The summed E-state index contributed by atoms with van der Waals surface area (Å²) in [6.07, 6.45) is 10.8. The largest absolute Gasteiger partial charge is 0.508 e. The molecule has 148 valence electrons. The van der Waals surface area contributed by atoms with Gasteiger partial charge in [0.1, 0.15) is 11.4 Å². The Balaban J connectivity index is 1.96. The number of carboxylic acid groups (broad SMARTS) is 1. The number of aryl methyl sites for hydroxylation is 1. The number of carbonyl (C=O) groups excluding carboxylic acids is 1. The molecule has 27 heavy (non-hydrogen) atoms. The molecule has 2 rings (SSSR count). The maximum Gasteiger partial charge on any atom is 0.353 e. The Morgan fingerprint density at radius 2 is 1.56 bits per heavy atom. The van der Waals surface area contributed by atoms with E-state index in [4.69, 9.17) is 0 Å². The quantitative estimate of drug-likeness (QED) is 0.370. The molecule has 5 nitrogen and oxygen atoms in total. The number of phenols is 1. The summed E-state index contributed by atoms with van der Waals surface area (Å²) in [6, 6.07) is 4.63. The summed E-state index contributed by atoms with van der Waals surface area (Å²) in [4.78, 5) is 24.4. The lowest BCUT2D eigenvalue weighted by molar-refractivity contribution is 0.0682. The number of nitrogens with zero attached hydrogens (tertiary/aromatic N) is 1. The molecule has 0 bridgehead atoms. The number of rotatable bonds is 12. The van der Waals surface area contributed by atoms with Crippen LogP contribution in [0, 0.1) is 0 Å². The van der Waals surface area contributed by atoms with E-state index in [1.807, 2.05) is 0 Å². The van der Waals surface area contributed by atoms with Crippen molar-refractivity contribution in [2.24, 2.45) is 7.05 Å². The number of aromatic hydroxyl groups is 1. The standard InChI is InChI=1S/C22H31NO4/c1-3-4-5-6-7-8-9-10-11-12-19(25)20-17-15-16(24)13-14-18(17)23(2)21(20)22(26)27/h13-15,24H,3-12H2,1-2H3,(H,26,27). The minimum Gasteiger partial charge on any atom is -0.508 e. The van der Waals surface area contributed by atoms with E-state index in [1.54, 1.807) is 13.1 Å². The van der Waals surface area contributed by atoms with Crippen LogP contribution in [0.1, 0.15) is 92.0 Å². The van der Waals surface area contributed by atoms with Crippen molar-refractivity contribution in [3.05, 3.63) is 29.5 Å². The molecule has 0 aliphatic carbocycles. The van der Waals surface area contributed by atoms with Crippen LogP contribution in [0.25, 0.3) is 10.9 Å². The number of phenolic OH excluding ortho intramolecular Hbond substituents is 1. The van der Waals surface area contributed by atoms with E-state index in [1.165, 1.54) is 55.2 Å². The molecule has 0 unspecified atom stereocenters. The Bertz CT molecular complexity index is 791. The second-order valence-electron chi connectivity index (χ2n) is 7.29. The average molecular weight is 373 g/mol. The van der Waals surface area contributed by atoms with Crippen LogP contribution in [0.5, 0.6) is 5.75 Å². The number of ketones is 1. The van der Waals surface area contributed by atoms with E-state index in [0.717, 1.165) is 19.3 Å². The van der Waals surface area contributed by atoms with Gasteiger partial charge in [-0.25, -0.2) is 4.79 Å². The highest BCUT2D eigenvalue weighted by molar-refractivity contribution is 6.15. The number of hydrogen-bond donors (Lipinski definition) is 2. The number of unbranched alkanes of at least 4 members (excludes halogenated alkanes) is 8. The van der Waals surface area contributed by atoms with E-state index < -0.39 is 5.97 Å². The van der Waals surface area contributed by atoms with E-state index in [-0.39, 0.29) is 22.8 Å². The highest BCUT2D eigenvalue weighted by Gasteiger charge is 2.25. The lowest BCUT2D eigenvalue weighted by Gasteiger charge is -2.04. The predicted octanol–water partition coefficient (Wildman–Crippen LogP) is 5.69. The van der Waals surface area contributed by atoms with E-state index in [2.05, 4.69) is 6.92 Å². The highest BCUT2D eigenvalue weighted by Crippen LogP contribution is 2.30. The van der Waals surface area contributed by atoms with Gasteiger partial charge in [-0.15, -0.1) is 0 Å². The molecule has 0 aliphatic rings. The van der Waals surface area contributed by atoms with Crippen molar-refractivity contribution >= 4 is 22.7 Å². The maximum atomic E-state index is 12.8. The van der Waals surface area contributed by atoms with Gasteiger partial charge in [-0.2, -0.15) is 0 Å². The molecule has 0 amide bonds. The molecule has 0 saturated carbocycles. The number of fused-ring (bicyclic) bond motifs is 1. The molecule has 5 heteroatoms. The summed E-state index contributed by atoms with van der Waals surface area (Å²) >= 11 is 0. The summed E-state index contributed by atoms with van der Waals surface area (Å²) in [6.45, 7) is 2.21. The first kappa shape index (κ1) is 21.0. The monoisotopic (exact) mass is 373 g/mol. The highest BCUT2D eigenvalue weighted by atomic mass is 16.4. The topological polar surface area (TPSA) is 79.5 Å². The molecule has 0 fully saturated rings. The van der Waals surface area contributed by atoms with Gasteiger partial charge in [-0.1, -0.05) is 58.3 Å². The third-order valence-corrected chi connectivity index (χ3v) is 5.17. The Morgan fingerprint density at radius 1 is 0.963 bits per heavy atom. The average Bonchev–Trinajstić information content (AvgIpc) is 2.92. The molecule has 1 heterocycles. The fourth-order valence-electron chi connectivity index (χ4n) is 3.69. The van der Waals surface area contributed by atoms with E-state index in [0.29, 0.717) is 17.3 Å². The molecular formula is C22H31NO4. The molecule has 0 spiro atoms. The van der Waals surface area contributed by atoms with Gasteiger partial charge in [0.15, 0.2) is 5.78 Å². The van der Waals surface area contributed by atoms with Gasteiger partial charge in [0.2, 0.25) is 0 Å². The zero-order chi connectivity index (χ0) is 19.8. The van der Waals surface area contributed by atoms with Gasteiger partial charge >= 0.3 is 5.97 Å². The van der Waals surface area contributed by atoms with Crippen molar-refractivity contribution in [2.75, 3.05) is 0 Å². The smallest absolute Gasteiger partial charge is 0.353 e. The summed E-state index contributed by atoms with van der Waals surface area (Å²) in [5.74, 6) is -1.25. The molecule has 2 aromatic rings. The van der Waals surface area contributed by atoms with Crippen molar-refractivity contribution in [1.82, 2.24) is 4.57 Å². The van der Waals surface area contributed by atoms with Gasteiger partial charge in [0.25, 0.3) is 0 Å². The van der Waals surface area contributed by atoms with E-state index in [9.17, 15) is 19.8 Å². The molecule has 0 atom stereocenters. The summed E-state index contributed by atoms with van der Waals surface area (Å²) in [5.41, 5.74) is 0.854. The number of benzene rings is 1. The first-order valence-electron chi connectivity index (χ1n) is 10.0. The van der Waals surface area contributed by atoms with Gasteiger partial charge in [-0.05, 0) is 24.6 Å². The summed E-state index contributed by atoms with van der Waals surface area (Å²) < 4.78 is 1.51. The van der Waals surface area contributed by atoms with E-state index >= 15 is 0 Å². The number of aromatic carboxylic acids is 1. The summed E-state index contributed by atoms with van der Waals surface area (Å²) in [5, 5.41) is 19.8. The van der Waals surface area contributed by atoms with Crippen LogP contribution in [-0.4, -0.2) is 26.5 Å². The molecule has 1 aromatic carbocycles. The first-order valence-corrected chi connectivity index (χ1v) is 10.0. The molecule has 2 N–H and O–H groups in total. The third kappa shape index (κ3) is 5.34. The van der Waals surface area contributed by atoms with Gasteiger partial charge in [0.05, 0.1) is 5.56 Å². The molecule has 0 radical (unpaired) electrons. The Kier molecular flexibility index (Phi) is 7.89. The van der Waals surface area contributed by atoms with Gasteiger partial charge in [-0.3, -0.25) is 4.79 Å². The minimum absolute atomic E-state index is 0.00322. The minimum atomic E-state index is -1.12. The van der Waals surface area contributed by atoms with Crippen molar-refractivity contribution in [2.45, 2.75) is 71.1 Å². The fourth-order valence-corrected chi connectivity index (χ4v) is 3.69. The van der Waals surface area contributed by atoms with Crippen molar-refractivity contribution in [1.29, 1.82) is 0 Å². The van der Waals surface area contributed by atoms with Crippen molar-refractivity contribution in [3.8, 4) is 5.75 Å². The second kappa shape index (κ2) is 10.1. The number of carboxylic acids is 1. The first-order chi connectivity index (χ1) is 13.0. The van der Waals surface area contributed by atoms with Crippen LogP contribution < -0.4 is 0 Å². The van der Waals surface area contributed by atoms with Gasteiger partial charge in [0, 0.05) is 24.4 Å². The van der Waals surface area contributed by atoms with Crippen molar-refractivity contribution in [3.63, 3.8) is 0 Å². The second-order valence-corrected chi connectivity index (χ2v) is 7.29. The van der Waals surface area contributed by atoms with Crippen LogP contribution in [0.4, 0.5) is 0 Å². The maximum absolute atomic E-state index is 12.8. The van der Waals surface area contributed by atoms with Crippen LogP contribution in [0.3, 0.4) is 0 Å². The molecule has 1 aromatic heterocycles. The van der Waals surface area contributed by atoms with Crippen LogP contribution >= 0.6 is 0 Å². The van der Waals surface area contributed by atoms with Gasteiger partial charge < -0.3 is 14.8 Å². The zero-order valence-electron chi connectivity index (χ0n) is 16.5. The van der Waals surface area contributed by atoms with Crippen molar-refractivity contribution < 1.29 is 19.8 Å². The lowest BCUT2D eigenvalue weighted by atomic mass is 10.00. The molecular weight excluding hydrogens is 342 g/mol. The van der Waals surface area contributed by atoms with Crippen LogP contribution in [0.15, 0.2) is 18.2 Å². The van der Waals surface area contributed by atoms with Crippen LogP contribution in [-0.2, 0) is 7.05 Å². The Hall–Kier alpha value is -2.30. The zero-order valence-corrected chi connectivity index (χ0v) is 16.5. The lowest BCUT2D eigenvalue weighted by Crippen LogP contribution is -2.11. The van der Waals surface area contributed by atoms with Crippen LogP contribution in [0.2, 0.25) is 0 Å². The SMILES string of the molecule is CCCCCCCCCCCC(=O)c1c(C(=O)O)n(C)c2ccc(O)cc12. The fraction of sp³-hybridized carbons (Fsp3) is 0.545.